The molecule has 0 saturated carbocycles. The third kappa shape index (κ3) is 4.12. The number of aromatic carboxylic acids is 1. The van der Waals surface area contributed by atoms with Crippen molar-refractivity contribution in [2.45, 2.75) is 31.3 Å². The lowest BCUT2D eigenvalue weighted by atomic mass is 9.78. The van der Waals surface area contributed by atoms with E-state index in [1.807, 2.05) is 30.3 Å². The summed E-state index contributed by atoms with van der Waals surface area (Å²) in [6.45, 7) is 0.669. The number of hydrogen-bond donors (Lipinski definition) is 3. The van der Waals surface area contributed by atoms with E-state index in [-0.39, 0.29) is 29.1 Å². The zero-order valence-electron chi connectivity index (χ0n) is 16.4. The molecule has 0 aromatic heterocycles. The Balaban J connectivity index is 1.38. The predicted octanol–water partition coefficient (Wildman–Crippen LogP) is 0.960. The minimum atomic E-state index is -1.19. The first kappa shape index (κ1) is 20.2. The lowest BCUT2D eigenvalue weighted by Crippen LogP contribution is -2.60. The highest BCUT2D eigenvalue weighted by Gasteiger charge is 2.36. The van der Waals surface area contributed by atoms with Crippen molar-refractivity contribution in [1.82, 2.24) is 4.90 Å². The van der Waals surface area contributed by atoms with Crippen molar-refractivity contribution in [2.24, 2.45) is 5.73 Å². The molecule has 8 nitrogen and oxygen atoms in total. The molecule has 2 heterocycles. The molecule has 2 aliphatic heterocycles. The van der Waals surface area contributed by atoms with Crippen molar-refractivity contribution < 1.29 is 29.1 Å². The molecule has 0 spiro atoms. The second kappa shape index (κ2) is 8.37. The van der Waals surface area contributed by atoms with E-state index >= 15 is 0 Å². The van der Waals surface area contributed by atoms with Crippen LogP contribution in [0.2, 0.25) is 6.32 Å². The van der Waals surface area contributed by atoms with Crippen molar-refractivity contribution >= 4 is 19.0 Å². The molecule has 0 aliphatic carbocycles. The normalized spacial score (nSPS) is 16.9. The Hall–Kier alpha value is -3.04. The van der Waals surface area contributed by atoms with Crippen LogP contribution in [-0.2, 0) is 17.6 Å². The zero-order valence-corrected chi connectivity index (χ0v) is 16.4. The minimum absolute atomic E-state index is 0.100. The zero-order chi connectivity index (χ0) is 21.3. The Morgan fingerprint density at radius 3 is 2.67 bits per heavy atom. The summed E-state index contributed by atoms with van der Waals surface area (Å²) in [5.41, 5.74) is 7.68. The SMILES string of the molecule is N[C@H](Cc1ccccc1)C(=O)N1CC(Oc2ccc3c(c2C(=O)O)OB(O)CC3)C1. The minimum Gasteiger partial charge on any atom is -0.535 e. The van der Waals surface area contributed by atoms with Gasteiger partial charge >= 0.3 is 13.1 Å². The van der Waals surface area contributed by atoms with E-state index in [1.54, 1.807) is 17.0 Å². The van der Waals surface area contributed by atoms with Gasteiger partial charge in [-0.05, 0) is 36.4 Å². The largest absolute Gasteiger partial charge is 0.535 e. The molecule has 4 rings (SSSR count). The monoisotopic (exact) mass is 410 g/mol. The molecule has 2 aromatic carbocycles. The van der Waals surface area contributed by atoms with Gasteiger partial charge in [-0.2, -0.15) is 0 Å². The molecular formula is C21H23BN2O6. The highest BCUT2D eigenvalue weighted by atomic mass is 16.5. The molecule has 1 fully saturated rings. The molecule has 156 valence electrons. The number of ether oxygens (including phenoxy) is 1. The van der Waals surface area contributed by atoms with E-state index in [1.165, 1.54) is 0 Å². The van der Waals surface area contributed by atoms with Crippen molar-refractivity contribution in [3.8, 4) is 11.5 Å². The van der Waals surface area contributed by atoms with Crippen LogP contribution in [0.15, 0.2) is 42.5 Å². The van der Waals surface area contributed by atoms with Crippen LogP contribution in [0.4, 0.5) is 0 Å². The number of amides is 1. The third-order valence-corrected chi connectivity index (χ3v) is 5.40. The number of nitrogens with two attached hydrogens (primary N) is 1. The van der Waals surface area contributed by atoms with Crippen LogP contribution in [0.1, 0.15) is 21.5 Å². The fourth-order valence-electron chi connectivity index (χ4n) is 3.78. The first-order valence-electron chi connectivity index (χ1n) is 9.91. The van der Waals surface area contributed by atoms with E-state index in [0.29, 0.717) is 32.3 Å². The summed E-state index contributed by atoms with van der Waals surface area (Å²) >= 11 is 0. The van der Waals surface area contributed by atoms with Crippen LogP contribution < -0.4 is 15.1 Å². The quantitative estimate of drug-likeness (QED) is 0.607. The van der Waals surface area contributed by atoms with Crippen LogP contribution in [0, 0.1) is 0 Å². The van der Waals surface area contributed by atoms with Gasteiger partial charge in [0.25, 0.3) is 0 Å². The number of carboxylic acid groups (broad SMARTS) is 1. The molecule has 1 saturated heterocycles. The van der Waals surface area contributed by atoms with Crippen molar-refractivity contribution in [1.29, 1.82) is 0 Å². The number of carbonyl (C=O) groups excluding carboxylic acids is 1. The Bertz CT molecular complexity index is 948. The van der Waals surface area contributed by atoms with E-state index in [0.717, 1.165) is 11.1 Å². The van der Waals surface area contributed by atoms with E-state index < -0.39 is 19.1 Å². The molecule has 0 unspecified atom stereocenters. The summed E-state index contributed by atoms with van der Waals surface area (Å²) in [5.74, 6) is -1.03. The molecule has 2 aliphatic rings. The lowest BCUT2D eigenvalue weighted by Gasteiger charge is -2.40. The average Bonchev–Trinajstić information content (AvgIpc) is 2.69. The van der Waals surface area contributed by atoms with Gasteiger partial charge in [0.1, 0.15) is 23.2 Å². The Kier molecular flexibility index (Phi) is 5.65. The van der Waals surface area contributed by atoms with Gasteiger partial charge in [-0.25, -0.2) is 4.79 Å². The molecule has 2 aromatic rings. The van der Waals surface area contributed by atoms with Gasteiger partial charge in [0.2, 0.25) is 5.91 Å². The molecular weight excluding hydrogens is 387 g/mol. The molecule has 9 heteroatoms. The Morgan fingerprint density at radius 1 is 1.23 bits per heavy atom. The molecule has 30 heavy (non-hydrogen) atoms. The van der Waals surface area contributed by atoms with E-state index in [2.05, 4.69) is 0 Å². The van der Waals surface area contributed by atoms with E-state index in [4.69, 9.17) is 15.1 Å². The predicted molar refractivity (Wildman–Crippen MR) is 110 cm³/mol. The maximum absolute atomic E-state index is 12.5. The van der Waals surface area contributed by atoms with Gasteiger partial charge in [-0.15, -0.1) is 0 Å². The van der Waals surface area contributed by atoms with Gasteiger partial charge < -0.3 is 30.2 Å². The molecule has 4 N–H and O–H groups in total. The van der Waals surface area contributed by atoms with Gasteiger partial charge in [-0.3, -0.25) is 4.79 Å². The highest BCUT2D eigenvalue weighted by Crippen LogP contribution is 2.37. The Labute approximate surface area is 174 Å². The summed E-state index contributed by atoms with van der Waals surface area (Å²) in [6, 6.07) is 12.3. The first-order chi connectivity index (χ1) is 14.4. The molecule has 0 bridgehead atoms. The number of nitrogens with zero attached hydrogens (tertiary/aromatic N) is 1. The van der Waals surface area contributed by atoms with E-state index in [9.17, 15) is 19.7 Å². The van der Waals surface area contributed by atoms with Crippen molar-refractivity contribution in [2.75, 3.05) is 13.1 Å². The topological polar surface area (TPSA) is 122 Å². The number of fused-ring (bicyclic) bond motifs is 1. The van der Waals surface area contributed by atoms with Gasteiger partial charge in [0.05, 0.1) is 19.1 Å². The highest BCUT2D eigenvalue weighted by molar-refractivity contribution is 6.44. The van der Waals surface area contributed by atoms with Crippen LogP contribution in [0.25, 0.3) is 0 Å². The Morgan fingerprint density at radius 2 is 1.97 bits per heavy atom. The maximum Gasteiger partial charge on any atom is 0.522 e. The van der Waals surface area contributed by atoms with Gasteiger partial charge in [-0.1, -0.05) is 36.4 Å². The molecule has 0 radical (unpaired) electrons. The second-order valence-electron chi connectivity index (χ2n) is 7.62. The molecule has 1 atom stereocenters. The smallest absolute Gasteiger partial charge is 0.522 e. The number of benzene rings is 2. The number of carboxylic acids is 1. The molecule has 1 amide bonds. The van der Waals surface area contributed by atoms with Crippen molar-refractivity contribution in [3.63, 3.8) is 0 Å². The number of aryl methyl sites for hydroxylation is 1. The fraction of sp³-hybridized carbons (Fsp3) is 0.333. The number of carbonyl (C=O) groups is 2. The third-order valence-electron chi connectivity index (χ3n) is 5.40. The maximum atomic E-state index is 12.5. The summed E-state index contributed by atoms with van der Waals surface area (Å²) < 4.78 is 11.2. The number of hydrogen-bond acceptors (Lipinski definition) is 6. The number of rotatable bonds is 6. The van der Waals surface area contributed by atoms with Crippen LogP contribution in [-0.4, -0.2) is 59.3 Å². The fourth-order valence-corrected chi connectivity index (χ4v) is 3.78. The lowest BCUT2D eigenvalue weighted by molar-refractivity contribution is -0.141. The summed E-state index contributed by atoms with van der Waals surface area (Å²) in [4.78, 5) is 25.9. The standard InChI is InChI=1S/C21H23BN2O6/c23-16(10-13-4-2-1-3-5-13)20(25)24-11-15(12-24)29-17-7-6-14-8-9-22(28)30-19(14)18(17)21(26)27/h1-7,15-16,28H,8-12,23H2,(H,26,27)/t16-/m1/s1. The van der Waals surface area contributed by atoms with Gasteiger partial charge in [0.15, 0.2) is 0 Å². The van der Waals surface area contributed by atoms with Crippen molar-refractivity contribution in [3.05, 3.63) is 59.2 Å². The summed E-state index contributed by atoms with van der Waals surface area (Å²) in [5, 5.41) is 19.4. The first-order valence-corrected chi connectivity index (χ1v) is 9.91. The average molecular weight is 410 g/mol. The summed E-state index contributed by atoms with van der Waals surface area (Å²) in [6.07, 6.45) is 1.06. The summed E-state index contributed by atoms with van der Waals surface area (Å²) in [7, 11) is -1.03. The number of likely N-dealkylation sites (tertiary alicyclic amines) is 1. The van der Waals surface area contributed by atoms with Crippen LogP contribution in [0.3, 0.4) is 0 Å². The van der Waals surface area contributed by atoms with Crippen LogP contribution >= 0.6 is 0 Å². The van der Waals surface area contributed by atoms with Gasteiger partial charge in [0, 0.05) is 0 Å². The van der Waals surface area contributed by atoms with Crippen LogP contribution in [0.5, 0.6) is 11.5 Å². The second-order valence-corrected chi connectivity index (χ2v) is 7.62.